The molecule has 0 aromatic heterocycles. The molecule has 4 nitrogen and oxygen atoms in total. The molecule has 3 aromatic rings. The van der Waals surface area contributed by atoms with Crippen LogP contribution in [0.15, 0.2) is 78.9 Å². The van der Waals surface area contributed by atoms with Crippen molar-refractivity contribution in [2.24, 2.45) is 0 Å². The molecule has 1 atom stereocenters. The van der Waals surface area contributed by atoms with Gasteiger partial charge in [-0.15, -0.1) is 0 Å². The van der Waals surface area contributed by atoms with Crippen molar-refractivity contribution in [3.63, 3.8) is 0 Å². The second kappa shape index (κ2) is 13.2. The summed E-state index contributed by atoms with van der Waals surface area (Å²) in [6, 6.07) is 23.7. The van der Waals surface area contributed by atoms with Crippen LogP contribution in [0.1, 0.15) is 36.5 Å². The number of benzene rings is 3. The number of nitrogens with zero attached hydrogens (tertiary/aromatic N) is 1. The van der Waals surface area contributed by atoms with Crippen LogP contribution in [-0.4, -0.2) is 29.3 Å². The summed E-state index contributed by atoms with van der Waals surface area (Å²) in [6.45, 7) is 2.97. The first-order valence-corrected chi connectivity index (χ1v) is 12.3. The second-order valence-electron chi connectivity index (χ2n) is 8.30. The third-order valence-corrected chi connectivity index (χ3v) is 6.14. The maximum absolute atomic E-state index is 13.6. The predicted molar refractivity (Wildman–Crippen MR) is 139 cm³/mol. The highest BCUT2D eigenvalue weighted by atomic mass is 35.5. The fourth-order valence-corrected chi connectivity index (χ4v) is 3.98. The van der Waals surface area contributed by atoms with Crippen LogP contribution in [0, 0.1) is 0 Å². The topological polar surface area (TPSA) is 49.4 Å². The van der Waals surface area contributed by atoms with E-state index in [1.807, 2.05) is 54.6 Å². The lowest BCUT2D eigenvalue weighted by Gasteiger charge is -2.31. The number of carbonyl (C=O) groups is 2. The van der Waals surface area contributed by atoms with E-state index in [1.54, 1.807) is 29.2 Å². The van der Waals surface area contributed by atoms with Gasteiger partial charge in [-0.1, -0.05) is 91.1 Å². The number of carbonyl (C=O) groups excluding carboxylic acids is 2. The molecule has 3 aromatic carbocycles. The third-order valence-electron chi connectivity index (χ3n) is 5.64. The molecule has 0 bridgehead atoms. The zero-order chi connectivity index (χ0) is 24.3. The van der Waals surface area contributed by atoms with Gasteiger partial charge in [0.2, 0.25) is 11.8 Å². The minimum absolute atomic E-state index is 0.121. The lowest BCUT2D eigenvalue weighted by molar-refractivity contribution is -0.140. The molecule has 1 unspecified atom stereocenters. The Labute approximate surface area is 211 Å². The number of hydrogen-bond acceptors (Lipinski definition) is 2. The Kier molecular flexibility index (Phi) is 9.99. The summed E-state index contributed by atoms with van der Waals surface area (Å²) in [5.74, 6) is -0.264. The SMILES string of the molecule is CCCCNC(=O)C(Cc1ccccc1)N(Cc1ccc(Cl)cc1)C(=O)Cc1ccc(Cl)cc1. The van der Waals surface area contributed by atoms with Crippen molar-refractivity contribution in [3.8, 4) is 0 Å². The minimum Gasteiger partial charge on any atom is -0.354 e. The number of unbranched alkanes of at least 4 members (excludes halogenated alkanes) is 1. The van der Waals surface area contributed by atoms with Crippen LogP contribution in [0.2, 0.25) is 10.0 Å². The molecule has 0 aliphatic carbocycles. The van der Waals surface area contributed by atoms with Crippen LogP contribution in [0.25, 0.3) is 0 Å². The molecule has 3 rings (SSSR count). The summed E-state index contributed by atoms with van der Waals surface area (Å²) in [5, 5.41) is 4.28. The van der Waals surface area contributed by atoms with E-state index in [1.165, 1.54) is 0 Å². The van der Waals surface area contributed by atoms with E-state index in [9.17, 15) is 9.59 Å². The average Bonchev–Trinajstić information content (AvgIpc) is 2.84. The first kappa shape index (κ1) is 25.8. The van der Waals surface area contributed by atoms with Crippen LogP contribution in [0.3, 0.4) is 0 Å². The third kappa shape index (κ3) is 7.89. The lowest BCUT2D eigenvalue weighted by Crippen LogP contribution is -2.51. The van der Waals surface area contributed by atoms with Gasteiger partial charge in [0, 0.05) is 29.6 Å². The van der Waals surface area contributed by atoms with Crippen molar-refractivity contribution >= 4 is 35.0 Å². The summed E-state index contributed by atoms with van der Waals surface area (Å²) in [7, 11) is 0. The highest BCUT2D eigenvalue weighted by molar-refractivity contribution is 6.30. The van der Waals surface area contributed by atoms with Gasteiger partial charge in [-0.2, -0.15) is 0 Å². The number of hydrogen-bond donors (Lipinski definition) is 1. The molecule has 0 spiro atoms. The second-order valence-corrected chi connectivity index (χ2v) is 9.17. The van der Waals surface area contributed by atoms with Crippen LogP contribution >= 0.6 is 23.2 Å². The molecule has 0 aliphatic heterocycles. The van der Waals surface area contributed by atoms with E-state index in [0.717, 1.165) is 29.5 Å². The molecule has 6 heteroatoms. The van der Waals surface area contributed by atoms with Crippen molar-refractivity contribution in [2.45, 2.75) is 45.2 Å². The van der Waals surface area contributed by atoms with Gasteiger partial charge in [0.25, 0.3) is 0 Å². The van der Waals surface area contributed by atoms with Crippen molar-refractivity contribution in [2.75, 3.05) is 6.54 Å². The number of halogens is 2. The highest BCUT2D eigenvalue weighted by Gasteiger charge is 2.30. The maximum atomic E-state index is 13.6. The van der Waals surface area contributed by atoms with Gasteiger partial charge in [-0.3, -0.25) is 9.59 Å². The van der Waals surface area contributed by atoms with Crippen molar-refractivity contribution < 1.29 is 9.59 Å². The van der Waals surface area contributed by atoms with Gasteiger partial charge < -0.3 is 10.2 Å². The summed E-state index contributed by atoms with van der Waals surface area (Å²) in [6.07, 6.45) is 2.48. The lowest BCUT2D eigenvalue weighted by atomic mass is 10.0. The van der Waals surface area contributed by atoms with E-state index in [2.05, 4.69) is 12.2 Å². The summed E-state index contributed by atoms with van der Waals surface area (Å²) < 4.78 is 0. The highest BCUT2D eigenvalue weighted by Crippen LogP contribution is 2.19. The van der Waals surface area contributed by atoms with Gasteiger partial charge in [0.1, 0.15) is 6.04 Å². The molecular weight excluding hydrogens is 467 g/mol. The molecule has 0 aliphatic rings. The van der Waals surface area contributed by atoms with Gasteiger partial charge in [-0.25, -0.2) is 0 Å². The Morgan fingerprint density at radius 2 is 1.41 bits per heavy atom. The molecule has 34 heavy (non-hydrogen) atoms. The van der Waals surface area contributed by atoms with Gasteiger partial charge in [0.15, 0.2) is 0 Å². The Morgan fingerprint density at radius 1 is 0.824 bits per heavy atom. The molecule has 0 fully saturated rings. The van der Waals surface area contributed by atoms with Gasteiger partial charge >= 0.3 is 0 Å². The molecule has 0 saturated heterocycles. The molecular formula is C28H30Cl2N2O2. The van der Waals surface area contributed by atoms with Crippen LogP contribution in [0.4, 0.5) is 0 Å². The van der Waals surface area contributed by atoms with Crippen molar-refractivity contribution in [1.82, 2.24) is 10.2 Å². The molecule has 0 saturated carbocycles. The number of nitrogens with one attached hydrogen (secondary N) is 1. The summed E-state index contributed by atoms with van der Waals surface area (Å²) in [4.78, 5) is 28.7. The summed E-state index contributed by atoms with van der Waals surface area (Å²) in [5.41, 5.74) is 2.76. The first-order chi connectivity index (χ1) is 16.5. The van der Waals surface area contributed by atoms with Gasteiger partial charge in [-0.05, 0) is 47.4 Å². The quantitative estimate of drug-likeness (QED) is 0.326. The van der Waals surface area contributed by atoms with Gasteiger partial charge in [0.05, 0.1) is 6.42 Å². The Bertz CT molecular complexity index is 1050. The van der Waals surface area contributed by atoms with E-state index < -0.39 is 6.04 Å². The van der Waals surface area contributed by atoms with E-state index >= 15 is 0 Å². The monoisotopic (exact) mass is 496 g/mol. The predicted octanol–water partition coefficient (Wildman–Crippen LogP) is 6.09. The number of rotatable bonds is 11. The van der Waals surface area contributed by atoms with E-state index in [-0.39, 0.29) is 18.2 Å². The minimum atomic E-state index is -0.644. The normalized spacial score (nSPS) is 11.6. The Morgan fingerprint density at radius 3 is 2.00 bits per heavy atom. The number of amides is 2. The molecule has 0 radical (unpaired) electrons. The fourth-order valence-electron chi connectivity index (χ4n) is 3.73. The molecule has 0 heterocycles. The van der Waals surface area contributed by atoms with Crippen LogP contribution in [-0.2, 0) is 29.0 Å². The molecule has 1 N–H and O–H groups in total. The Hall–Kier alpha value is -2.82. The zero-order valence-electron chi connectivity index (χ0n) is 19.3. The summed E-state index contributed by atoms with van der Waals surface area (Å²) >= 11 is 12.1. The fraction of sp³-hybridized carbons (Fsp3) is 0.286. The van der Waals surface area contributed by atoms with Crippen LogP contribution < -0.4 is 5.32 Å². The average molecular weight is 497 g/mol. The zero-order valence-corrected chi connectivity index (χ0v) is 20.9. The maximum Gasteiger partial charge on any atom is 0.243 e. The first-order valence-electron chi connectivity index (χ1n) is 11.6. The Balaban J connectivity index is 1.92. The standard InChI is InChI=1S/C28H30Cl2N2O2/c1-2-3-17-31-28(34)26(18-21-7-5-4-6-8-21)32(20-23-11-15-25(30)16-12-23)27(33)19-22-9-13-24(29)14-10-22/h4-16,26H,2-3,17-20H2,1H3,(H,31,34). The largest absolute Gasteiger partial charge is 0.354 e. The smallest absolute Gasteiger partial charge is 0.243 e. The van der Waals surface area contributed by atoms with Crippen molar-refractivity contribution in [1.29, 1.82) is 0 Å². The molecule has 2 amide bonds. The van der Waals surface area contributed by atoms with Crippen LogP contribution in [0.5, 0.6) is 0 Å². The molecule has 178 valence electrons. The van der Waals surface area contributed by atoms with E-state index in [0.29, 0.717) is 29.6 Å². The van der Waals surface area contributed by atoms with E-state index in [4.69, 9.17) is 23.2 Å². The van der Waals surface area contributed by atoms with Crippen molar-refractivity contribution in [3.05, 3.63) is 106 Å².